The van der Waals surface area contributed by atoms with Crippen molar-refractivity contribution in [3.05, 3.63) is 114 Å². The van der Waals surface area contributed by atoms with Gasteiger partial charge in [0.1, 0.15) is 5.75 Å². The smallest absolute Gasteiger partial charge is 0.407 e. The number of nitrogens with zero attached hydrogens (tertiary/aromatic N) is 1. The van der Waals surface area contributed by atoms with Crippen molar-refractivity contribution in [1.29, 1.82) is 0 Å². The summed E-state index contributed by atoms with van der Waals surface area (Å²) in [5, 5.41) is 12.0. The maximum absolute atomic E-state index is 11.7. The Hall–Kier alpha value is -3.87. The third kappa shape index (κ3) is 7.37. The predicted molar refractivity (Wildman–Crippen MR) is 152 cm³/mol. The second-order valence-electron chi connectivity index (χ2n) is 9.96. The van der Waals surface area contributed by atoms with Gasteiger partial charge in [0.15, 0.2) is 0 Å². The van der Waals surface area contributed by atoms with E-state index < -0.39 is 6.09 Å². The van der Waals surface area contributed by atoms with Gasteiger partial charge in [-0.3, -0.25) is 0 Å². The molecule has 1 aliphatic rings. The first-order valence-corrected chi connectivity index (χ1v) is 13.6. The van der Waals surface area contributed by atoms with Gasteiger partial charge in [-0.1, -0.05) is 78.9 Å². The molecule has 4 aromatic carbocycles. The first-order chi connectivity index (χ1) is 19.2. The van der Waals surface area contributed by atoms with E-state index >= 15 is 0 Å². The molecule has 1 N–H and O–H groups in total. The van der Waals surface area contributed by atoms with Crippen LogP contribution < -0.4 is 4.74 Å². The van der Waals surface area contributed by atoms with Crippen LogP contribution in [0.2, 0.25) is 0 Å². The third-order valence-electron chi connectivity index (χ3n) is 7.23. The Bertz CT molecular complexity index is 1340. The number of ether oxygens (including phenoxy) is 3. The Morgan fingerprint density at radius 2 is 1.59 bits per heavy atom. The zero-order valence-corrected chi connectivity index (χ0v) is 22.1. The number of benzene rings is 4. The summed E-state index contributed by atoms with van der Waals surface area (Å²) >= 11 is 0. The molecular formula is C33H35NO5. The van der Waals surface area contributed by atoms with Gasteiger partial charge in [-0.2, -0.15) is 0 Å². The van der Waals surface area contributed by atoms with Gasteiger partial charge in [0.25, 0.3) is 0 Å². The Morgan fingerprint density at radius 3 is 2.38 bits per heavy atom. The molecule has 202 valence electrons. The minimum Gasteiger partial charge on any atom is -0.494 e. The van der Waals surface area contributed by atoms with Crippen LogP contribution in [0.1, 0.15) is 35.4 Å². The highest BCUT2D eigenvalue weighted by Crippen LogP contribution is 2.32. The van der Waals surface area contributed by atoms with Crippen LogP contribution in [0.3, 0.4) is 0 Å². The second-order valence-corrected chi connectivity index (χ2v) is 9.96. The van der Waals surface area contributed by atoms with Gasteiger partial charge < -0.3 is 24.2 Å². The number of piperidine rings is 1. The van der Waals surface area contributed by atoms with Gasteiger partial charge in [0.05, 0.1) is 39.1 Å². The van der Waals surface area contributed by atoms with Crippen molar-refractivity contribution in [1.82, 2.24) is 4.90 Å². The van der Waals surface area contributed by atoms with Gasteiger partial charge in [-0.15, -0.1) is 0 Å². The highest BCUT2D eigenvalue weighted by molar-refractivity contribution is 5.82. The molecule has 0 aliphatic carbocycles. The molecule has 6 heteroatoms. The van der Waals surface area contributed by atoms with Crippen molar-refractivity contribution < 1.29 is 24.1 Å². The molecule has 5 rings (SSSR count). The quantitative estimate of drug-likeness (QED) is 0.216. The summed E-state index contributed by atoms with van der Waals surface area (Å²) in [6, 6.07) is 32.8. The van der Waals surface area contributed by atoms with Gasteiger partial charge in [-0.25, -0.2) is 4.79 Å². The lowest BCUT2D eigenvalue weighted by Gasteiger charge is -2.37. The average Bonchev–Trinajstić information content (AvgIpc) is 2.98. The van der Waals surface area contributed by atoms with Gasteiger partial charge >= 0.3 is 6.09 Å². The molecule has 1 heterocycles. The molecule has 2 atom stereocenters. The van der Waals surface area contributed by atoms with E-state index in [1.165, 1.54) is 21.2 Å². The molecule has 1 aliphatic heterocycles. The van der Waals surface area contributed by atoms with E-state index in [1.807, 2.05) is 42.5 Å². The molecule has 0 aromatic heterocycles. The fourth-order valence-corrected chi connectivity index (χ4v) is 5.10. The van der Waals surface area contributed by atoms with Gasteiger partial charge in [0, 0.05) is 18.9 Å². The summed E-state index contributed by atoms with van der Waals surface area (Å²) in [7, 11) is 0. The fourth-order valence-electron chi connectivity index (χ4n) is 5.10. The summed E-state index contributed by atoms with van der Waals surface area (Å²) in [6.07, 6.45) is 0.403. The van der Waals surface area contributed by atoms with Crippen LogP contribution in [0, 0.1) is 0 Å². The van der Waals surface area contributed by atoms with Crippen LogP contribution in [0.25, 0.3) is 10.8 Å². The Kier molecular flexibility index (Phi) is 9.09. The van der Waals surface area contributed by atoms with Crippen molar-refractivity contribution in [3.63, 3.8) is 0 Å². The molecule has 0 spiro atoms. The third-order valence-corrected chi connectivity index (χ3v) is 7.23. The number of amides is 1. The second kappa shape index (κ2) is 13.3. The number of rotatable bonds is 11. The zero-order chi connectivity index (χ0) is 26.9. The maximum atomic E-state index is 11.7. The first kappa shape index (κ1) is 26.7. The number of fused-ring (bicyclic) bond motifs is 1. The number of hydrogen-bond donors (Lipinski definition) is 1. The normalized spacial score (nSPS) is 17.3. The lowest BCUT2D eigenvalue weighted by atomic mass is 9.87. The number of hydrogen-bond acceptors (Lipinski definition) is 4. The molecule has 1 saturated heterocycles. The Labute approximate surface area is 229 Å². The van der Waals surface area contributed by atoms with Crippen LogP contribution in [0.5, 0.6) is 5.75 Å². The van der Waals surface area contributed by atoms with Crippen LogP contribution in [0.15, 0.2) is 97.1 Å². The number of likely N-dealkylation sites (tertiary alicyclic amines) is 1. The SMILES string of the molecule is O=C(O)N1CCC(c2ccc(OCCCOCc3ccccc3)cc2)C(OCc2ccc3ccccc3c2)C1. The summed E-state index contributed by atoms with van der Waals surface area (Å²) < 4.78 is 18.0. The van der Waals surface area contributed by atoms with E-state index in [4.69, 9.17) is 14.2 Å². The molecular weight excluding hydrogens is 490 g/mol. The maximum Gasteiger partial charge on any atom is 0.407 e. The topological polar surface area (TPSA) is 68.2 Å². The highest BCUT2D eigenvalue weighted by Gasteiger charge is 2.33. The van der Waals surface area contributed by atoms with E-state index in [0.717, 1.165) is 23.3 Å². The largest absolute Gasteiger partial charge is 0.494 e. The summed E-state index contributed by atoms with van der Waals surface area (Å²) in [5.41, 5.74) is 3.39. The molecule has 0 radical (unpaired) electrons. The lowest BCUT2D eigenvalue weighted by molar-refractivity contribution is -0.0199. The molecule has 2 unspecified atom stereocenters. The van der Waals surface area contributed by atoms with E-state index in [0.29, 0.717) is 45.9 Å². The molecule has 0 saturated carbocycles. The van der Waals surface area contributed by atoms with E-state index in [1.54, 1.807) is 0 Å². The molecule has 6 nitrogen and oxygen atoms in total. The van der Waals surface area contributed by atoms with Crippen molar-refractivity contribution >= 4 is 16.9 Å². The van der Waals surface area contributed by atoms with E-state index in [2.05, 4.69) is 54.6 Å². The Morgan fingerprint density at radius 1 is 0.821 bits per heavy atom. The minimum absolute atomic E-state index is 0.112. The van der Waals surface area contributed by atoms with Gasteiger partial charge in [-0.05, 0) is 52.1 Å². The minimum atomic E-state index is -0.899. The standard InChI is InChI=1S/C33H35NO5/c35-33(36)34-18-17-31(32(22-34)39-24-26-11-12-27-9-4-5-10-29(27)21-26)28-13-15-30(16-14-28)38-20-6-19-37-23-25-7-2-1-3-8-25/h1-5,7-16,21,31-32H,6,17-20,22-24H2,(H,35,36). The molecule has 1 fully saturated rings. The molecule has 39 heavy (non-hydrogen) atoms. The van der Waals surface area contributed by atoms with Crippen molar-refractivity contribution in [2.75, 3.05) is 26.3 Å². The molecule has 1 amide bonds. The first-order valence-electron chi connectivity index (χ1n) is 13.6. The highest BCUT2D eigenvalue weighted by atomic mass is 16.5. The summed E-state index contributed by atoms with van der Waals surface area (Å²) in [6.45, 7) is 3.13. The number of carboxylic acid groups (broad SMARTS) is 1. The average molecular weight is 526 g/mol. The van der Waals surface area contributed by atoms with Crippen molar-refractivity contribution in [2.24, 2.45) is 0 Å². The summed E-state index contributed by atoms with van der Waals surface area (Å²) in [4.78, 5) is 13.1. The van der Waals surface area contributed by atoms with Crippen molar-refractivity contribution in [3.8, 4) is 5.75 Å². The zero-order valence-electron chi connectivity index (χ0n) is 22.1. The molecule has 4 aromatic rings. The predicted octanol–water partition coefficient (Wildman–Crippen LogP) is 6.88. The van der Waals surface area contributed by atoms with Crippen LogP contribution in [-0.4, -0.2) is 48.5 Å². The number of carbonyl (C=O) groups is 1. The Balaban J connectivity index is 1.14. The van der Waals surface area contributed by atoms with Crippen LogP contribution >= 0.6 is 0 Å². The van der Waals surface area contributed by atoms with Crippen LogP contribution in [0.4, 0.5) is 4.79 Å². The van der Waals surface area contributed by atoms with E-state index in [-0.39, 0.29) is 12.0 Å². The van der Waals surface area contributed by atoms with Crippen LogP contribution in [-0.2, 0) is 22.7 Å². The van der Waals surface area contributed by atoms with E-state index in [9.17, 15) is 9.90 Å². The van der Waals surface area contributed by atoms with Crippen molar-refractivity contribution in [2.45, 2.75) is 38.1 Å². The molecule has 0 bridgehead atoms. The lowest BCUT2D eigenvalue weighted by Crippen LogP contribution is -2.46. The monoisotopic (exact) mass is 525 g/mol. The fraction of sp³-hybridized carbons (Fsp3) is 0.303. The summed E-state index contributed by atoms with van der Waals surface area (Å²) in [5.74, 6) is 0.930. The van der Waals surface area contributed by atoms with Gasteiger partial charge in [0.2, 0.25) is 0 Å².